The van der Waals surface area contributed by atoms with Crippen LogP contribution < -0.4 is 4.90 Å². The number of amides is 1. The third-order valence-corrected chi connectivity index (χ3v) is 6.31. The average molecular weight is 381 g/mol. The quantitative estimate of drug-likeness (QED) is 0.708. The Bertz CT molecular complexity index is 564. The summed E-state index contributed by atoms with van der Waals surface area (Å²) in [7, 11) is 0. The van der Waals surface area contributed by atoms with Gasteiger partial charge in [-0.05, 0) is 19.9 Å². The van der Waals surface area contributed by atoms with Gasteiger partial charge in [-0.2, -0.15) is 0 Å². The molecule has 1 aromatic heterocycles. The van der Waals surface area contributed by atoms with Crippen molar-refractivity contribution in [3.63, 3.8) is 0 Å². The minimum absolute atomic E-state index is 0.0439. The Morgan fingerprint density at radius 2 is 1.92 bits per heavy atom. The van der Waals surface area contributed by atoms with Crippen LogP contribution in [0.1, 0.15) is 44.7 Å². The first-order valence-electron chi connectivity index (χ1n) is 10.0. The Balaban J connectivity index is 1.36. The van der Waals surface area contributed by atoms with Crippen LogP contribution in [-0.2, 0) is 4.74 Å². The van der Waals surface area contributed by atoms with Gasteiger partial charge in [0, 0.05) is 57.5 Å². The normalized spacial score (nSPS) is 19.8. The minimum atomic E-state index is -0.123. The van der Waals surface area contributed by atoms with Gasteiger partial charge >= 0.3 is 6.09 Å². The molecule has 2 aliphatic rings. The summed E-state index contributed by atoms with van der Waals surface area (Å²) in [5.74, 6) is 0. The summed E-state index contributed by atoms with van der Waals surface area (Å²) >= 11 is 1.70. The molecule has 0 atom stereocenters. The first-order valence-corrected chi connectivity index (χ1v) is 10.9. The third-order valence-electron chi connectivity index (χ3n) is 5.30. The number of unbranched alkanes of at least 4 members (excludes halogenated alkanes) is 2. The molecule has 2 saturated heterocycles. The van der Waals surface area contributed by atoms with Crippen LogP contribution in [0.3, 0.4) is 0 Å². The van der Waals surface area contributed by atoms with Crippen LogP contribution in [0, 0.1) is 6.92 Å². The van der Waals surface area contributed by atoms with Crippen molar-refractivity contribution in [1.82, 2.24) is 14.8 Å². The molecule has 0 aromatic carbocycles. The Hall–Kier alpha value is -1.34. The second-order valence-corrected chi connectivity index (χ2v) is 8.21. The molecule has 146 valence electrons. The maximum atomic E-state index is 12.4. The van der Waals surface area contributed by atoms with E-state index in [2.05, 4.69) is 27.1 Å². The lowest BCUT2D eigenvalue weighted by Gasteiger charge is -2.36. The van der Waals surface area contributed by atoms with Gasteiger partial charge in [0.2, 0.25) is 0 Å². The number of aryl methyl sites for hydroxylation is 1. The molecule has 2 aliphatic heterocycles. The Labute approximate surface area is 161 Å². The molecule has 0 aliphatic carbocycles. The highest BCUT2D eigenvalue weighted by atomic mass is 32.1. The van der Waals surface area contributed by atoms with E-state index in [1.54, 1.807) is 11.3 Å². The predicted molar refractivity (Wildman–Crippen MR) is 106 cm³/mol. The molecule has 1 aromatic rings. The van der Waals surface area contributed by atoms with Crippen molar-refractivity contribution in [2.45, 2.75) is 52.1 Å². The molecule has 1 amide bonds. The second-order valence-electron chi connectivity index (χ2n) is 7.38. The zero-order valence-corrected chi connectivity index (χ0v) is 17.0. The van der Waals surface area contributed by atoms with E-state index in [0.717, 1.165) is 69.5 Å². The monoisotopic (exact) mass is 380 g/mol. The van der Waals surface area contributed by atoms with Crippen molar-refractivity contribution in [1.29, 1.82) is 0 Å². The van der Waals surface area contributed by atoms with Gasteiger partial charge in [-0.1, -0.05) is 19.8 Å². The zero-order valence-electron chi connectivity index (χ0n) is 16.2. The van der Waals surface area contributed by atoms with E-state index in [1.807, 2.05) is 11.8 Å². The number of aromatic nitrogens is 1. The maximum Gasteiger partial charge on any atom is 0.410 e. The van der Waals surface area contributed by atoms with Gasteiger partial charge in [0.15, 0.2) is 5.13 Å². The molecule has 0 unspecified atom stereocenters. The standard InChI is InChI=1S/C19H32N4O2S/c1-3-4-5-8-21-11-13-23(14-12-21)19(24)25-17-6-9-22(10-7-17)18-20-16(2)15-26-18/h15,17H,3-14H2,1-2H3. The molecule has 0 bridgehead atoms. The molecule has 0 spiro atoms. The van der Waals surface area contributed by atoms with Crippen LogP contribution in [0.25, 0.3) is 0 Å². The van der Waals surface area contributed by atoms with Gasteiger partial charge in [-0.15, -0.1) is 11.3 Å². The van der Waals surface area contributed by atoms with Gasteiger partial charge in [0.25, 0.3) is 0 Å². The summed E-state index contributed by atoms with van der Waals surface area (Å²) < 4.78 is 5.78. The van der Waals surface area contributed by atoms with Crippen LogP contribution in [0.4, 0.5) is 9.93 Å². The predicted octanol–water partition coefficient (Wildman–Crippen LogP) is 3.36. The third kappa shape index (κ3) is 5.33. The molecule has 0 radical (unpaired) electrons. The second kappa shape index (κ2) is 9.55. The SMILES string of the molecule is CCCCCN1CCN(C(=O)OC2CCN(c3nc(C)cs3)CC2)CC1. The van der Waals surface area contributed by atoms with E-state index in [-0.39, 0.29) is 12.2 Å². The fourth-order valence-corrected chi connectivity index (χ4v) is 4.47. The van der Waals surface area contributed by atoms with E-state index < -0.39 is 0 Å². The molecule has 3 heterocycles. The topological polar surface area (TPSA) is 48.9 Å². The highest BCUT2D eigenvalue weighted by Gasteiger charge is 2.27. The number of carbonyl (C=O) groups excluding carboxylic acids is 1. The number of ether oxygens (including phenoxy) is 1. The molecular weight excluding hydrogens is 348 g/mol. The minimum Gasteiger partial charge on any atom is -0.446 e. The van der Waals surface area contributed by atoms with Crippen LogP contribution in [0.15, 0.2) is 5.38 Å². The number of piperidine rings is 1. The Kier molecular flexibility index (Phi) is 7.14. The summed E-state index contributed by atoms with van der Waals surface area (Å²) in [5, 5.41) is 3.18. The van der Waals surface area contributed by atoms with Gasteiger partial charge in [-0.3, -0.25) is 4.90 Å². The lowest BCUT2D eigenvalue weighted by molar-refractivity contribution is 0.0375. The number of hydrogen-bond acceptors (Lipinski definition) is 6. The average Bonchev–Trinajstić information content (AvgIpc) is 3.09. The van der Waals surface area contributed by atoms with Gasteiger partial charge in [0.05, 0.1) is 5.69 Å². The van der Waals surface area contributed by atoms with E-state index in [9.17, 15) is 4.79 Å². The molecule has 3 rings (SSSR count). The lowest BCUT2D eigenvalue weighted by atomic mass is 10.1. The van der Waals surface area contributed by atoms with Crippen molar-refractivity contribution < 1.29 is 9.53 Å². The van der Waals surface area contributed by atoms with Gasteiger partial charge in [0.1, 0.15) is 6.10 Å². The Morgan fingerprint density at radius 1 is 1.19 bits per heavy atom. The fourth-order valence-electron chi connectivity index (χ4n) is 3.61. The Morgan fingerprint density at radius 3 is 2.54 bits per heavy atom. The van der Waals surface area contributed by atoms with Gasteiger partial charge in [-0.25, -0.2) is 9.78 Å². The van der Waals surface area contributed by atoms with Crippen LogP contribution >= 0.6 is 11.3 Å². The molecular formula is C19H32N4O2S. The van der Waals surface area contributed by atoms with E-state index >= 15 is 0 Å². The van der Waals surface area contributed by atoms with Crippen molar-refractivity contribution in [3.8, 4) is 0 Å². The number of nitrogens with zero attached hydrogens (tertiary/aromatic N) is 4. The molecule has 26 heavy (non-hydrogen) atoms. The first-order chi connectivity index (χ1) is 12.7. The molecule has 2 fully saturated rings. The number of hydrogen-bond donors (Lipinski definition) is 0. The highest BCUT2D eigenvalue weighted by molar-refractivity contribution is 7.13. The number of piperazine rings is 1. The number of anilines is 1. The molecule has 0 saturated carbocycles. The summed E-state index contributed by atoms with van der Waals surface area (Å²) in [6.45, 7) is 10.8. The van der Waals surface area contributed by atoms with E-state index in [1.165, 1.54) is 19.3 Å². The van der Waals surface area contributed by atoms with E-state index in [4.69, 9.17) is 4.74 Å². The summed E-state index contributed by atoms with van der Waals surface area (Å²) in [6, 6.07) is 0. The maximum absolute atomic E-state index is 12.4. The van der Waals surface area contributed by atoms with Crippen LogP contribution in [-0.4, -0.2) is 72.8 Å². The van der Waals surface area contributed by atoms with E-state index in [0.29, 0.717) is 0 Å². The highest BCUT2D eigenvalue weighted by Crippen LogP contribution is 2.25. The summed E-state index contributed by atoms with van der Waals surface area (Å²) in [5.41, 5.74) is 1.08. The van der Waals surface area contributed by atoms with Crippen molar-refractivity contribution in [2.75, 3.05) is 50.7 Å². The molecule has 7 heteroatoms. The number of rotatable bonds is 6. The summed E-state index contributed by atoms with van der Waals surface area (Å²) in [6.07, 6.45) is 5.51. The fraction of sp³-hybridized carbons (Fsp3) is 0.789. The number of thiazole rings is 1. The molecule has 0 N–H and O–H groups in total. The van der Waals surface area contributed by atoms with Gasteiger partial charge < -0.3 is 14.5 Å². The van der Waals surface area contributed by atoms with Crippen LogP contribution in [0.2, 0.25) is 0 Å². The zero-order chi connectivity index (χ0) is 18.4. The lowest BCUT2D eigenvalue weighted by Crippen LogP contribution is -2.50. The molecule has 6 nitrogen and oxygen atoms in total. The van der Waals surface area contributed by atoms with Crippen molar-refractivity contribution >= 4 is 22.6 Å². The van der Waals surface area contributed by atoms with Crippen LogP contribution in [0.5, 0.6) is 0 Å². The smallest absolute Gasteiger partial charge is 0.410 e. The largest absolute Gasteiger partial charge is 0.446 e. The first kappa shape index (κ1) is 19.4. The van der Waals surface area contributed by atoms with Crippen molar-refractivity contribution in [3.05, 3.63) is 11.1 Å². The summed E-state index contributed by atoms with van der Waals surface area (Å²) in [4.78, 5) is 23.7. The van der Waals surface area contributed by atoms with Crippen molar-refractivity contribution in [2.24, 2.45) is 0 Å². The number of carbonyl (C=O) groups is 1.